The highest BCUT2D eigenvalue weighted by molar-refractivity contribution is 5.73. The fraction of sp³-hybridized carbons (Fsp3) is 0.944. The monoisotopic (exact) mass is 621 g/mol. The number of fused-ring (bicyclic) bond motifs is 4. The first-order valence-corrected chi connectivity index (χ1v) is 18.1. The number of cyclic esters (lactones) is 2. The summed E-state index contributed by atoms with van der Waals surface area (Å²) in [5, 5.41) is 0. The number of carbonyl (C=O) groups is 2. The van der Waals surface area contributed by atoms with Crippen LogP contribution in [0.15, 0.2) is 0 Å². The molecule has 4 saturated heterocycles. The van der Waals surface area contributed by atoms with Gasteiger partial charge in [0.05, 0.1) is 48.5 Å². The Morgan fingerprint density at radius 3 is 2.11 bits per heavy atom. The summed E-state index contributed by atoms with van der Waals surface area (Å²) >= 11 is 0. The molecule has 8 heteroatoms. The summed E-state index contributed by atoms with van der Waals surface area (Å²) in [7, 11) is 4.34. The molecule has 0 aromatic rings. The molecule has 0 unspecified atom stereocenters. The molecule has 4 aliphatic rings. The van der Waals surface area contributed by atoms with Crippen LogP contribution in [0.5, 0.6) is 0 Å². The summed E-state index contributed by atoms with van der Waals surface area (Å²) in [5.41, 5.74) is 0. The third kappa shape index (κ3) is 8.98. The van der Waals surface area contributed by atoms with Crippen molar-refractivity contribution in [2.45, 2.75) is 180 Å². The van der Waals surface area contributed by atoms with E-state index in [1.165, 1.54) is 19.3 Å². The number of nitrogens with zero attached hydrogens (tertiary/aromatic N) is 1. The van der Waals surface area contributed by atoms with Crippen molar-refractivity contribution in [3.05, 3.63) is 0 Å². The smallest absolute Gasteiger partial charge is 0.311 e. The van der Waals surface area contributed by atoms with Gasteiger partial charge < -0.3 is 28.6 Å². The van der Waals surface area contributed by atoms with Crippen molar-refractivity contribution in [3.8, 4) is 0 Å². The van der Waals surface area contributed by atoms with E-state index in [0.29, 0.717) is 12.5 Å². The molecule has 4 bridgehead atoms. The standard InChI is InChI=1S/C36H63NO7/c1-9-11-13-26(37(7)8)20-28-14-16-30(40-28)22(3)34-23(4)31-18-19-33(43-31)25(6)35(38)42-27(12-10-2)21-29-15-17-32(41-29)24(5)36(39)44-34/h22-34H,9-21H2,1-8H3/t22-,23-,24+,25-,26-,27+,28+,29+,30-,31+,32-,33-,34+/m1/s1. The molecule has 0 amide bonds. The van der Waals surface area contributed by atoms with Crippen LogP contribution in [-0.2, 0) is 33.3 Å². The van der Waals surface area contributed by atoms with Crippen molar-refractivity contribution >= 4 is 11.9 Å². The fourth-order valence-corrected chi connectivity index (χ4v) is 8.12. The molecule has 0 aromatic carbocycles. The Morgan fingerprint density at radius 1 is 0.773 bits per heavy atom. The number of hydrogen-bond acceptors (Lipinski definition) is 8. The normalized spacial score (nSPS) is 40.2. The van der Waals surface area contributed by atoms with Crippen molar-refractivity contribution in [2.75, 3.05) is 14.1 Å². The molecular weight excluding hydrogens is 558 g/mol. The Bertz CT molecular complexity index is 913. The lowest BCUT2D eigenvalue weighted by Gasteiger charge is -2.36. The average molecular weight is 622 g/mol. The van der Waals surface area contributed by atoms with Crippen LogP contribution in [0.4, 0.5) is 0 Å². The zero-order valence-electron chi connectivity index (χ0n) is 29.0. The first-order chi connectivity index (χ1) is 21.0. The van der Waals surface area contributed by atoms with E-state index in [1.807, 2.05) is 13.8 Å². The Kier molecular flexibility index (Phi) is 13.4. The number of hydrogen-bond donors (Lipinski definition) is 0. The van der Waals surface area contributed by atoms with Crippen LogP contribution in [0, 0.1) is 23.7 Å². The predicted molar refractivity (Wildman–Crippen MR) is 171 cm³/mol. The predicted octanol–water partition coefficient (Wildman–Crippen LogP) is 6.71. The zero-order valence-corrected chi connectivity index (χ0v) is 29.0. The highest BCUT2D eigenvalue weighted by atomic mass is 16.6. The highest BCUT2D eigenvalue weighted by Gasteiger charge is 2.46. The van der Waals surface area contributed by atoms with Gasteiger partial charge in [-0.2, -0.15) is 0 Å². The van der Waals surface area contributed by atoms with Gasteiger partial charge in [0.1, 0.15) is 12.2 Å². The second kappa shape index (κ2) is 16.6. The molecule has 0 saturated carbocycles. The van der Waals surface area contributed by atoms with Crippen molar-refractivity contribution in [2.24, 2.45) is 23.7 Å². The Hall–Kier alpha value is -1.22. The van der Waals surface area contributed by atoms with Gasteiger partial charge in [-0.25, -0.2) is 0 Å². The third-order valence-electron chi connectivity index (χ3n) is 11.3. The minimum atomic E-state index is -0.365. The van der Waals surface area contributed by atoms with Crippen LogP contribution in [0.2, 0.25) is 0 Å². The van der Waals surface area contributed by atoms with Gasteiger partial charge in [-0.05, 0) is 85.7 Å². The average Bonchev–Trinajstić information content (AvgIpc) is 3.77. The molecule has 0 radical (unpaired) electrons. The topological polar surface area (TPSA) is 83.5 Å². The van der Waals surface area contributed by atoms with Crippen molar-refractivity contribution in [1.82, 2.24) is 4.90 Å². The van der Waals surface area contributed by atoms with Crippen LogP contribution in [0.3, 0.4) is 0 Å². The van der Waals surface area contributed by atoms with Gasteiger partial charge in [-0.15, -0.1) is 0 Å². The van der Waals surface area contributed by atoms with Crippen LogP contribution in [-0.4, -0.2) is 85.8 Å². The van der Waals surface area contributed by atoms with Gasteiger partial charge in [0, 0.05) is 24.3 Å². The molecular formula is C36H63NO7. The maximum atomic E-state index is 13.8. The summed E-state index contributed by atoms with van der Waals surface area (Å²) < 4.78 is 32.3. The first kappa shape index (κ1) is 35.6. The maximum absolute atomic E-state index is 13.8. The lowest BCUT2D eigenvalue weighted by atomic mass is 9.84. The van der Waals surface area contributed by atoms with E-state index in [-0.39, 0.29) is 84.4 Å². The molecule has 4 aliphatic heterocycles. The van der Waals surface area contributed by atoms with Crippen LogP contribution in [0.25, 0.3) is 0 Å². The maximum Gasteiger partial charge on any atom is 0.311 e. The summed E-state index contributed by atoms with van der Waals surface area (Å²) in [6.45, 7) is 12.6. The summed E-state index contributed by atoms with van der Waals surface area (Å²) in [6, 6.07) is 0.513. The van der Waals surface area contributed by atoms with Gasteiger partial charge >= 0.3 is 11.9 Å². The van der Waals surface area contributed by atoms with Gasteiger partial charge in [0.2, 0.25) is 0 Å². The molecule has 254 valence electrons. The van der Waals surface area contributed by atoms with Gasteiger partial charge in [-0.1, -0.05) is 47.0 Å². The lowest BCUT2D eigenvalue weighted by molar-refractivity contribution is -0.175. The first-order valence-electron chi connectivity index (χ1n) is 18.1. The van der Waals surface area contributed by atoms with Crippen LogP contribution >= 0.6 is 0 Å². The second-order valence-electron chi connectivity index (χ2n) is 14.8. The summed E-state index contributed by atoms with van der Waals surface area (Å²) in [6.07, 6.45) is 11.6. The van der Waals surface area contributed by atoms with E-state index in [9.17, 15) is 9.59 Å². The fourth-order valence-electron chi connectivity index (χ4n) is 8.12. The molecule has 4 fully saturated rings. The number of carbonyl (C=O) groups excluding carboxylic acids is 2. The van der Waals surface area contributed by atoms with E-state index in [1.54, 1.807) is 0 Å². The third-order valence-corrected chi connectivity index (χ3v) is 11.3. The molecule has 4 heterocycles. The Labute approximate surface area is 267 Å². The highest BCUT2D eigenvalue weighted by Crippen LogP contribution is 2.39. The number of ether oxygens (including phenoxy) is 5. The minimum Gasteiger partial charge on any atom is -0.462 e. The molecule has 0 spiro atoms. The van der Waals surface area contributed by atoms with Crippen molar-refractivity contribution in [3.63, 3.8) is 0 Å². The molecule has 8 nitrogen and oxygen atoms in total. The lowest BCUT2D eigenvalue weighted by Crippen LogP contribution is -2.44. The quantitative estimate of drug-likeness (QED) is 0.249. The Morgan fingerprint density at radius 2 is 1.43 bits per heavy atom. The molecule has 0 N–H and O–H groups in total. The van der Waals surface area contributed by atoms with Crippen LogP contribution in [0.1, 0.15) is 125 Å². The van der Waals surface area contributed by atoms with E-state index >= 15 is 0 Å². The summed E-state index contributed by atoms with van der Waals surface area (Å²) in [5.74, 6) is -1.08. The van der Waals surface area contributed by atoms with E-state index in [4.69, 9.17) is 23.7 Å². The van der Waals surface area contributed by atoms with Crippen molar-refractivity contribution < 1.29 is 33.3 Å². The van der Waals surface area contributed by atoms with E-state index in [2.05, 4.69) is 46.7 Å². The van der Waals surface area contributed by atoms with Crippen molar-refractivity contribution in [1.29, 1.82) is 0 Å². The molecule has 4 rings (SSSR count). The molecule has 0 aliphatic carbocycles. The van der Waals surface area contributed by atoms with Gasteiger partial charge in [-0.3, -0.25) is 9.59 Å². The van der Waals surface area contributed by atoms with Crippen LogP contribution < -0.4 is 0 Å². The molecule has 0 aromatic heterocycles. The largest absolute Gasteiger partial charge is 0.462 e. The molecule has 13 atom stereocenters. The van der Waals surface area contributed by atoms with E-state index < -0.39 is 0 Å². The number of unbranched alkanes of at least 4 members (excludes halogenated alkanes) is 1. The second-order valence-corrected chi connectivity index (χ2v) is 14.8. The van der Waals surface area contributed by atoms with E-state index in [0.717, 1.165) is 57.8 Å². The zero-order chi connectivity index (χ0) is 32.0. The number of rotatable bonds is 10. The molecule has 44 heavy (non-hydrogen) atoms. The summed E-state index contributed by atoms with van der Waals surface area (Å²) in [4.78, 5) is 29.4. The minimum absolute atomic E-state index is 0.0179. The number of esters is 2. The van der Waals surface area contributed by atoms with Gasteiger partial charge in [0.25, 0.3) is 0 Å². The SMILES string of the molecule is CCCC[C@H](C[C@@H]1CC[C@H]([C@@H](C)[C@@H]2OC(=O)[C@@H](C)[C@H]3CC[C@@H](C[C@H](CCC)OC(=O)[C@H](C)[C@H]4CC[C@H](O4)[C@H]2C)O3)O1)N(C)C. The van der Waals surface area contributed by atoms with Gasteiger partial charge in [0.15, 0.2) is 0 Å². The Balaban J connectivity index is 1.50.